The first-order valence-electron chi connectivity index (χ1n) is 10.0. The summed E-state index contributed by atoms with van der Waals surface area (Å²) < 4.78 is 6.02. The van der Waals surface area contributed by atoms with E-state index in [1.165, 1.54) is 70.9 Å². The fourth-order valence-corrected chi connectivity index (χ4v) is 3.77. The Morgan fingerprint density at radius 2 is 1.67 bits per heavy atom. The van der Waals surface area contributed by atoms with Gasteiger partial charge in [0.15, 0.2) is 5.96 Å². The van der Waals surface area contributed by atoms with Crippen molar-refractivity contribution in [1.82, 2.24) is 15.5 Å². The smallest absolute Gasteiger partial charge is 0.191 e. The molecule has 1 saturated carbocycles. The molecule has 1 aliphatic heterocycles. The number of hydrogen-bond donors (Lipinski definition) is 2. The minimum Gasteiger partial charge on any atom is -0.376 e. The third-order valence-electron chi connectivity index (χ3n) is 5.46. The molecule has 1 aliphatic carbocycles. The lowest BCUT2D eigenvalue weighted by Gasteiger charge is -2.29. The van der Waals surface area contributed by atoms with E-state index in [-0.39, 0.29) is 0 Å². The van der Waals surface area contributed by atoms with Crippen molar-refractivity contribution >= 4 is 5.96 Å². The van der Waals surface area contributed by atoms with E-state index in [2.05, 4.69) is 27.6 Å². The fraction of sp³-hybridized carbons (Fsp3) is 0.947. The number of rotatable bonds is 7. The third kappa shape index (κ3) is 7.84. The average Bonchev–Trinajstić information content (AvgIpc) is 2.87. The Hall–Kier alpha value is -0.810. The van der Waals surface area contributed by atoms with Crippen LogP contribution in [-0.4, -0.2) is 63.8 Å². The summed E-state index contributed by atoms with van der Waals surface area (Å²) in [5.41, 5.74) is 0. The first-order chi connectivity index (χ1) is 11.8. The second-order valence-electron chi connectivity index (χ2n) is 7.45. The Kier molecular flexibility index (Phi) is 9.51. The molecule has 0 radical (unpaired) electrons. The quantitative estimate of drug-likeness (QED) is 0.324. The topological polar surface area (TPSA) is 48.9 Å². The van der Waals surface area contributed by atoms with Crippen molar-refractivity contribution in [1.29, 1.82) is 0 Å². The van der Waals surface area contributed by atoms with E-state index in [1.54, 1.807) is 0 Å². The monoisotopic (exact) mass is 338 g/mol. The van der Waals surface area contributed by atoms with Crippen LogP contribution in [0, 0.1) is 5.92 Å². The first kappa shape index (κ1) is 19.5. The van der Waals surface area contributed by atoms with Crippen molar-refractivity contribution in [2.45, 2.75) is 63.9 Å². The van der Waals surface area contributed by atoms with Crippen molar-refractivity contribution in [2.75, 3.05) is 46.9 Å². The maximum atomic E-state index is 6.02. The zero-order valence-electron chi connectivity index (χ0n) is 15.9. The van der Waals surface area contributed by atoms with Gasteiger partial charge in [0.1, 0.15) is 0 Å². The van der Waals surface area contributed by atoms with Crippen LogP contribution in [0.3, 0.4) is 0 Å². The molecule has 0 aromatic rings. The van der Waals surface area contributed by atoms with Crippen LogP contribution in [-0.2, 0) is 4.74 Å². The maximum Gasteiger partial charge on any atom is 0.191 e. The fourth-order valence-electron chi connectivity index (χ4n) is 3.77. The van der Waals surface area contributed by atoms with Crippen LogP contribution in [0.2, 0.25) is 0 Å². The van der Waals surface area contributed by atoms with Gasteiger partial charge in [0.05, 0.1) is 12.7 Å². The van der Waals surface area contributed by atoms with Crippen molar-refractivity contribution in [3.8, 4) is 0 Å². The summed E-state index contributed by atoms with van der Waals surface area (Å²) in [7, 11) is 4.06. The third-order valence-corrected chi connectivity index (χ3v) is 5.46. The summed E-state index contributed by atoms with van der Waals surface area (Å²) in [4.78, 5) is 6.74. The van der Waals surface area contributed by atoms with Crippen molar-refractivity contribution < 1.29 is 4.74 Å². The summed E-state index contributed by atoms with van der Waals surface area (Å²) in [6.45, 7) is 5.12. The van der Waals surface area contributed by atoms with Gasteiger partial charge in [-0.25, -0.2) is 0 Å². The van der Waals surface area contributed by atoms with Crippen molar-refractivity contribution in [2.24, 2.45) is 10.9 Å². The molecular weight excluding hydrogens is 300 g/mol. The summed E-state index contributed by atoms with van der Waals surface area (Å²) >= 11 is 0. The first-order valence-corrected chi connectivity index (χ1v) is 10.0. The molecule has 140 valence electrons. The highest BCUT2D eigenvalue weighted by Gasteiger charge is 2.16. The Bertz CT molecular complexity index is 345. The number of piperidine rings is 1. The molecule has 2 fully saturated rings. The van der Waals surface area contributed by atoms with Gasteiger partial charge in [0, 0.05) is 20.1 Å². The largest absolute Gasteiger partial charge is 0.376 e. The van der Waals surface area contributed by atoms with Gasteiger partial charge < -0.3 is 20.3 Å². The highest BCUT2D eigenvalue weighted by atomic mass is 16.5. The van der Waals surface area contributed by atoms with Gasteiger partial charge >= 0.3 is 0 Å². The SMILES string of the molecule is CN=C(NCCOC1CCCCCC1)NCCC1CCN(C)CC1. The molecule has 0 unspecified atom stereocenters. The zero-order chi connectivity index (χ0) is 17.0. The van der Waals surface area contributed by atoms with E-state index in [0.29, 0.717) is 6.10 Å². The minimum atomic E-state index is 0.480. The van der Waals surface area contributed by atoms with Gasteiger partial charge in [-0.1, -0.05) is 25.7 Å². The van der Waals surface area contributed by atoms with Crippen LogP contribution in [0.25, 0.3) is 0 Å². The minimum absolute atomic E-state index is 0.480. The number of hydrogen-bond acceptors (Lipinski definition) is 3. The predicted octanol–water partition coefficient (Wildman–Crippen LogP) is 2.62. The molecule has 5 nitrogen and oxygen atoms in total. The molecule has 2 rings (SSSR count). The van der Waals surface area contributed by atoms with E-state index in [9.17, 15) is 0 Å². The highest BCUT2D eigenvalue weighted by Crippen LogP contribution is 2.19. The van der Waals surface area contributed by atoms with E-state index in [4.69, 9.17) is 4.74 Å². The molecule has 0 atom stereocenters. The number of guanidine groups is 1. The second-order valence-corrected chi connectivity index (χ2v) is 7.45. The van der Waals surface area contributed by atoms with Crippen LogP contribution in [0.15, 0.2) is 4.99 Å². The molecule has 1 heterocycles. The molecule has 2 N–H and O–H groups in total. The average molecular weight is 339 g/mol. The Balaban J connectivity index is 1.50. The number of nitrogens with one attached hydrogen (secondary N) is 2. The summed E-state index contributed by atoms with van der Waals surface area (Å²) in [5, 5.41) is 6.82. The number of nitrogens with zero attached hydrogens (tertiary/aromatic N) is 2. The van der Waals surface area contributed by atoms with Gasteiger partial charge in [-0.15, -0.1) is 0 Å². The Morgan fingerprint density at radius 1 is 1.00 bits per heavy atom. The van der Waals surface area contributed by atoms with E-state index in [0.717, 1.165) is 31.6 Å². The lowest BCUT2D eigenvalue weighted by Crippen LogP contribution is -2.40. The Morgan fingerprint density at radius 3 is 2.33 bits per heavy atom. The second kappa shape index (κ2) is 11.7. The normalized spacial score (nSPS) is 22.3. The molecule has 5 heteroatoms. The maximum absolute atomic E-state index is 6.02. The molecule has 0 bridgehead atoms. The van der Waals surface area contributed by atoms with Crippen molar-refractivity contribution in [3.63, 3.8) is 0 Å². The standard InChI is InChI=1S/C19H38N4O/c1-20-19(21-12-9-17-10-14-23(2)15-11-17)22-13-16-24-18-7-5-3-4-6-8-18/h17-18H,3-16H2,1-2H3,(H2,20,21,22). The molecule has 0 amide bonds. The van der Waals surface area contributed by atoms with Crippen LogP contribution in [0.4, 0.5) is 0 Å². The predicted molar refractivity (Wildman–Crippen MR) is 102 cm³/mol. The van der Waals surface area contributed by atoms with Crippen LogP contribution < -0.4 is 10.6 Å². The van der Waals surface area contributed by atoms with Gasteiger partial charge in [0.2, 0.25) is 0 Å². The van der Waals surface area contributed by atoms with Gasteiger partial charge in [-0.2, -0.15) is 0 Å². The van der Waals surface area contributed by atoms with Gasteiger partial charge in [-0.05, 0) is 58.2 Å². The molecule has 0 aromatic heterocycles. The zero-order valence-corrected chi connectivity index (χ0v) is 15.9. The molecular formula is C19H38N4O. The van der Waals surface area contributed by atoms with Gasteiger partial charge in [0.25, 0.3) is 0 Å². The number of ether oxygens (including phenoxy) is 1. The lowest BCUT2D eigenvalue weighted by atomic mass is 9.94. The molecule has 0 aromatic carbocycles. The Labute approximate surface area is 148 Å². The van der Waals surface area contributed by atoms with Gasteiger partial charge in [-0.3, -0.25) is 4.99 Å². The number of likely N-dealkylation sites (tertiary alicyclic amines) is 1. The summed E-state index contributed by atoms with van der Waals surface area (Å²) in [5.74, 6) is 1.78. The van der Waals surface area contributed by atoms with E-state index >= 15 is 0 Å². The van der Waals surface area contributed by atoms with E-state index < -0.39 is 0 Å². The molecule has 24 heavy (non-hydrogen) atoms. The molecule has 0 spiro atoms. The summed E-state index contributed by atoms with van der Waals surface area (Å²) in [6, 6.07) is 0. The van der Waals surface area contributed by atoms with E-state index in [1.807, 2.05) is 7.05 Å². The van der Waals surface area contributed by atoms with Crippen LogP contribution >= 0.6 is 0 Å². The van der Waals surface area contributed by atoms with Crippen molar-refractivity contribution in [3.05, 3.63) is 0 Å². The van der Waals surface area contributed by atoms with Crippen LogP contribution in [0.5, 0.6) is 0 Å². The summed E-state index contributed by atoms with van der Waals surface area (Å²) in [6.07, 6.45) is 12.3. The molecule has 1 saturated heterocycles. The molecule has 2 aliphatic rings. The highest BCUT2D eigenvalue weighted by molar-refractivity contribution is 5.79. The number of aliphatic imine (C=N–C) groups is 1. The van der Waals surface area contributed by atoms with Crippen LogP contribution in [0.1, 0.15) is 57.8 Å². The lowest BCUT2D eigenvalue weighted by molar-refractivity contribution is 0.0468.